The fourth-order valence-corrected chi connectivity index (χ4v) is 2.52. The van der Waals surface area contributed by atoms with Gasteiger partial charge in [-0.2, -0.15) is 0 Å². The van der Waals surface area contributed by atoms with E-state index >= 15 is 0 Å². The van der Waals surface area contributed by atoms with Crippen LogP contribution >= 0.6 is 0 Å². The molecule has 0 spiro atoms. The summed E-state index contributed by atoms with van der Waals surface area (Å²) in [4.78, 5) is 26.2. The first-order valence-corrected chi connectivity index (χ1v) is 6.86. The Balaban J connectivity index is 1.52. The third-order valence-corrected chi connectivity index (χ3v) is 3.59. The lowest BCUT2D eigenvalue weighted by molar-refractivity contribution is -0.125. The summed E-state index contributed by atoms with van der Waals surface area (Å²) in [5.41, 5.74) is 2.21. The summed E-state index contributed by atoms with van der Waals surface area (Å²) in [7, 11) is 0. The lowest BCUT2D eigenvalue weighted by atomic mass is 10.2. The highest BCUT2D eigenvalue weighted by atomic mass is 16.2. The zero-order valence-corrected chi connectivity index (χ0v) is 11.1. The average Bonchev–Trinajstić information content (AvgIpc) is 3.04. The highest BCUT2D eigenvalue weighted by molar-refractivity contribution is 5.90. The second kappa shape index (κ2) is 5.36. The zero-order valence-electron chi connectivity index (χ0n) is 11.1. The minimum absolute atomic E-state index is 0.0410. The van der Waals surface area contributed by atoms with Crippen molar-refractivity contribution in [3.63, 3.8) is 0 Å². The summed E-state index contributed by atoms with van der Waals surface area (Å²) >= 11 is 0. The normalized spacial score (nSPS) is 18.2. The number of carbonyl (C=O) groups excluding carboxylic acids is 2. The van der Waals surface area contributed by atoms with E-state index in [0.29, 0.717) is 19.4 Å². The van der Waals surface area contributed by atoms with Crippen LogP contribution in [-0.4, -0.2) is 29.4 Å². The number of fused-ring (bicyclic) bond motifs is 1. The number of H-pyrrole nitrogens is 1. The number of amides is 2. The summed E-state index contributed by atoms with van der Waals surface area (Å²) in [6.07, 6.45) is 1.79. The maximum absolute atomic E-state index is 11.8. The molecule has 1 saturated heterocycles. The van der Waals surface area contributed by atoms with E-state index in [9.17, 15) is 9.59 Å². The lowest BCUT2D eigenvalue weighted by Crippen LogP contribution is -2.42. The van der Waals surface area contributed by atoms with Crippen molar-refractivity contribution in [2.75, 3.05) is 6.54 Å². The third kappa shape index (κ3) is 2.66. The first kappa shape index (κ1) is 12.7. The number of rotatable bonds is 4. The van der Waals surface area contributed by atoms with Gasteiger partial charge in [0.2, 0.25) is 11.8 Å². The van der Waals surface area contributed by atoms with Gasteiger partial charge in [0.15, 0.2) is 0 Å². The van der Waals surface area contributed by atoms with Crippen molar-refractivity contribution in [2.45, 2.75) is 25.3 Å². The van der Waals surface area contributed by atoms with E-state index in [4.69, 9.17) is 0 Å². The Morgan fingerprint density at radius 1 is 1.35 bits per heavy atom. The van der Waals surface area contributed by atoms with E-state index < -0.39 is 0 Å². The second-order valence-corrected chi connectivity index (χ2v) is 5.08. The molecule has 0 saturated carbocycles. The number of nitrogens with one attached hydrogen (secondary N) is 3. The Hall–Kier alpha value is -2.30. The van der Waals surface area contributed by atoms with Crippen LogP contribution in [0, 0.1) is 0 Å². The van der Waals surface area contributed by atoms with Crippen LogP contribution in [0.15, 0.2) is 30.3 Å². The summed E-state index contributed by atoms with van der Waals surface area (Å²) in [5, 5.41) is 6.71. The predicted molar refractivity (Wildman–Crippen MR) is 76.2 cm³/mol. The minimum Gasteiger partial charge on any atom is -0.358 e. The SMILES string of the molecule is O=C1CC[C@@H](C(=O)NCCc2cc3ccccc3[nH]2)N1. The van der Waals surface area contributed by atoms with Crippen LogP contribution in [-0.2, 0) is 16.0 Å². The van der Waals surface area contributed by atoms with E-state index in [1.807, 2.05) is 18.2 Å². The van der Waals surface area contributed by atoms with Crippen LogP contribution in [0.5, 0.6) is 0 Å². The van der Waals surface area contributed by atoms with Crippen molar-refractivity contribution in [3.05, 3.63) is 36.0 Å². The second-order valence-electron chi connectivity index (χ2n) is 5.08. The van der Waals surface area contributed by atoms with Crippen LogP contribution in [0.1, 0.15) is 18.5 Å². The average molecular weight is 271 g/mol. The lowest BCUT2D eigenvalue weighted by Gasteiger charge is -2.10. The van der Waals surface area contributed by atoms with E-state index in [-0.39, 0.29) is 17.9 Å². The van der Waals surface area contributed by atoms with Gasteiger partial charge in [-0.15, -0.1) is 0 Å². The molecule has 5 heteroatoms. The fourth-order valence-electron chi connectivity index (χ4n) is 2.52. The number of aromatic amines is 1. The Labute approximate surface area is 116 Å². The highest BCUT2D eigenvalue weighted by Crippen LogP contribution is 2.14. The van der Waals surface area contributed by atoms with Gasteiger partial charge in [0.25, 0.3) is 0 Å². The largest absolute Gasteiger partial charge is 0.358 e. The molecule has 1 aliphatic heterocycles. The monoisotopic (exact) mass is 271 g/mol. The molecule has 5 nitrogen and oxygen atoms in total. The van der Waals surface area contributed by atoms with Crippen LogP contribution in [0.4, 0.5) is 0 Å². The van der Waals surface area contributed by atoms with Crippen LogP contribution in [0.25, 0.3) is 10.9 Å². The van der Waals surface area contributed by atoms with Crippen molar-refractivity contribution in [3.8, 4) is 0 Å². The molecule has 0 aliphatic carbocycles. The molecule has 1 aliphatic rings. The molecule has 1 fully saturated rings. The Kier molecular flexibility index (Phi) is 3.41. The van der Waals surface area contributed by atoms with Crippen LogP contribution < -0.4 is 10.6 Å². The van der Waals surface area contributed by atoms with Crippen molar-refractivity contribution >= 4 is 22.7 Å². The molecule has 0 bridgehead atoms. The molecule has 2 heterocycles. The fraction of sp³-hybridized carbons (Fsp3) is 0.333. The quantitative estimate of drug-likeness (QED) is 0.779. The zero-order chi connectivity index (χ0) is 13.9. The molecule has 0 unspecified atom stereocenters. The standard InChI is InChI=1S/C15H17N3O2/c19-14-6-5-13(18-14)15(20)16-8-7-11-9-10-3-1-2-4-12(10)17-11/h1-4,9,13,17H,5-8H2,(H,16,20)(H,18,19)/t13-/m0/s1. The first-order chi connectivity index (χ1) is 9.72. The van der Waals surface area contributed by atoms with Crippen LogP contribution in [0.3, 0.4) is 0 Å². The summed E-state index contributed by atoms with van der Waals surface area (Å²) < 4.78 is 0. The summed E-state index contributed by atoms with van der Waals surface area (Å²) in [6, 6.07) is 9.83. The number of hydrogen-bond acceptors (Lipinski definition) is 2. The molecule has 3 N–H and O–H groups in total. The maximum atomic E-state index is 11.8. The van der Waals surface area contributed by atoms with Gasteiger partial charge in [0.05, 0.1) is 0 Å². The van der Waals surface area contributed by atoms with Crippen molar-refractivity contribution < 1.29 is 9.59 Å². The minimum atomic E-state index is -0.356. The van der Waals surface area contributed by atoms with E-state index in [1.54, 1.807) is 0 Å². The highest BCUT2D eigenvalue weighted by Gasteiger charge is 2.26. The third-order valence-electron chi connectivity index (χ3n) is 3.59. The molecular formula is C15H17N3O2. The van der Waals surface area contributed by atoms with Crippen molar-refractivity contribution in [1.29, 1.82) is 0 Å². The molecule has 2 aromatic rings. The Morgan fingerprint density at radius 2 is 2.20 bits per heavy atom. The first-order valence-electron chi connectivity index (χ1n) is 6.86. The molecule has 104 valence electrons. The topological polar surface area (TPSA) is 74.0 Å². The number of hydrogen-bond donors (Lipinski definition) is 3. The number of carbonyl (C=O) groups is 2. The molecule has 1 atom stereocenters. The molecule has 1 aromatic carbocycles. The van der Waals surface area contributed by atoms with E-state index in [2.05, 4.69) is 27.8 Å². The van der Waals surface area contributed by atoms with E-state index in [0.717, 1.165) is 17.6 Å². The maximum Gasteiger partial charge on any atom is 0.242 e. The van der Waals surface area contributed by atoms with Crippen LogP contribution in [0.2, 0.25) is 0 Å². The van der Waals surface area contributed by atoms with Gasteiger partial charge in [-0.3, -0.25) is 9.59 Å². The van der Waals surface area contributed by atoms with Crippen molar-refractivity contribution in [1.82, 2.24) is 15.6 Å². The summed E-state index contributed by atoms with van der Waals surface area (Å²) in [6.45, 7) is 0.567. The molecule has 2 amide bonds. The predicted octanol–water partition coefficient (Wildman–Crippen LogP) is 1.11. The van der Waals surface area contributed by atoms with Gasteiger partial charge >= 0.3 is 0 Å². The molecule has 20 heavy (non-hydrogen) atoms. The molecule has 0 radical (unpaired) electrons. The van der Waals surface area contributed by atoms with Gasteiger partial charge < -0.3 is 15.6 Å². The molecule has 1 aromatic heterocycles. The smallest absolute Gasteiger partial charge is 0.242 e. The van der Waals surface area contributed by atoms with Gasteiger partial charge in [0.1, 0.15) is 6.04 Å². The van der Waals surface area contributed by atoms with Gasteiger partial charge in [-0.25, -0.2) is 0 Å². The summed E-state index contributed by atoms with van der Waals surface area (Å²) in [5.74, 6) is -0.132. The van der Waals surface area contributed by atoms with Gasteiger partial charge in [0, 0.05) is 30.6 Å². The van der Waals surface area contributed by atoms with Gasteiger partial charge in [-0.05, 0) is 23.9 Å². The number of benzene rings is 1. The number of aromatic nitrogens is 1. The number of para-hydroxylation sites is 1. The molecular weight excluding hydrogens is 254 g/mol. The van der Waals surface area contributed by atoms with Gasteiger partial charge in [-0.1, -0.05) is 18.2 Å². The van der Waals surface area contributed by atoms with Crippen molar-refractivity contribution in [2.24, 2.45) is 0 Å². The van der Waals surface area contributed by atoms with E-state index in [1.165, 1.54) is 5.39 Å². The molecule has 3 rings (SSSR count). The Morgan fingerprint density at radius 3 is 2.95 bits per heavy atom. The Bertz CT molecular complexity index is 614.